The minimum Gasteiger partial charge on any atom is -0.321 e. The van der Waals surface area contributed by atoms with Gasteiger partial charge in [0.15, 0.2) is 11.2 Å². The van der Waals surface area contributed by atoms with Crippen LogP contribution in [-0.2, 0) is 27.2 Å². The summed E-state index contributed by atoms with van der Waals surface area (Å²) in [5.41, 5.74) is 0.470. The molecular formula is C20H33N5O2. The predicted octanol–water partition coefficient (Wildman–Crippen LogP) is 1.96. The summed E-state index contributed by atoms with van der Waals surface area (Å²) in [6.45, 7) is 12.5. The summed E-state index contributed by atoms with van der Waals surface area (Å²) in [5.74, 6) is 2.76. The van der Waals surface area contributed by atoms with E-state index >= 15 is 0 Å². The lowest BCUT2D eigenvalue weighted by atomic mass is 9.92. The number of rotatable bonds is 5. The molecule has 0 spiro atoms. The third-order valence-electron chi connectivity index (χ3n) is 5.67. The van der Waals surface area contributed by atoms with Crippen LogP contribution in [0.15, 0.2) is 9.59 Å². The summed E-state index contributed by atoms with van der Waals surface area (Å²) < 4.78 is 4.74. The second-order valence-corrected chi connectivity index (χ2v) is 8.88. The second kappa shape index (κ2) is 7.62. The molecule has 0 saturated carbocycles. The first-order valence-corrected chi connectivity index (χ1v) is 10.1. The van der Waals surface area contributed by atoms with Crippen LogP contribution in [0.1, 0.15) is 46.4 Å². The summed E-state index contributed by atoms with van der Waals surface area (Å²) in [4.78, 5) is 32.4. The summed E-state index contributed by atoms with van der Waals surface area (Å²) in [7, 11) is 3.23. The van der Waals surface area contributed by atoms with E-state index in [-0.39, 0.29) is 11.2 Å². The molecule has 0 N–H and O–H groups in total. The Morgan fingerprint density at radius 1 is 1.07 bits per heavy atom. The lowest BCUT2D eigenvalue weighted by molar-refractivity contribution is 0.130. The van der Waals surface area contributed by atoms with Crippen molar-refractivity contribution >= 4 is 11.2 Å². The van der Waals surface area contributed by atoms with Crippen LogP contribution in [-0.4, -0.2) is 36.7 Å². The van der Waals surface area contributed by atoms with Crippen LogP contribution in [0.4, 0.5) is 0 Å². The van der Waals surface area contributed by atoms with Gasteiger partial charge in [-0.15, -0.1) is 0 Å². The number of aromatic nitrogens is 4. The predicted molar refractivity (Wildman–Crippen MR) is 108 cm³/mol. The normalized spacial score (nSPS) is 21.4. The summed E-state index contributed by atoms with van der Waals surface area (Å²) >= 11 is 0. The highest BCUT2D eigenvalue weighted by Gasteiger charge is 2.25. The number of fused-ring (bicyclic) bond motifs is 1. The average molecular weight is 376 g/mol. The number of piperidine rings is 1. The van der Waals surface area contributed by atoms with E-state index in [0.717, 1.165) is 38.4 Å². The highest BCUT2D eigenvalue weighted by molar-refractivity contribution is 5.71. The molecule has 0 radical (unpaired) electrons. The molecule has 7 nitrogen and oxygen atoms in total. The number of likely N-dealkylation sites (tertiary alicyclic amines) is 1. The zero-order chi connectivity index (χ0) is 19.9. The Balaban J connectivity index is 2.09. The molecule has 2 atom stereocenters. The molecule has 2 unspecified atom stereocenters. The Labute approximate surface area is 160 Å². The molecule has 27 heavy (non-hydrogen) atoms. The molecule has 1 saturated heterocycles. The minimum atomic E-state index is -0.326. The van der Waals surface area contributed by atoms with E-state index in [1.54, 1.807) is 7.05 Å². The van der Waals surface area contributed by atoms with Crippen molar-refractivity contribution in [3.63, 3.8) is 0 Å². The zero-order valence-corrected chi connectivity index (χ0v) is 17.5. The van der Waals surface area contributed by atoms with E-state index in [0.29, 0.717) is 28.9 Å². The Bertz CT molecular complexity index is 926. The minimum absolute atomic E-state index is 0.254. The van der Waals surface area contributed by atoms with Crippen molar-refractivity contribution in [2.75, 3.05) is 13.1 Å². The molecule has 1 fully saturated rings. The molecule has 0 bridgehead atoms. The molecule has 150 valence electrons. The SMILES string of the molecule is CC(C)CCn1c(CN2CC(C)CC(C)C2)nc2c1c(=O)n(C)c(=O)n2C. The topological polar surface area (TPSA) is 65.1 Å². The van der Waals surface area contributed by atoms with Gasteiger partial charge in [0.05, 0.1) is 6.54 Å². The summed E-state index contributed by atoms with van der Waals surface area (Å²) in [6, 6.07) is 0. The fraction of sp³-hybridized carbons (Fsp3) is 0.750. The molecule has 7 heteroatoms. The van der Waals surface area contributed by atoms with E-state index in [9.17, 15) is 9.59 Å². The quantitative estimate of drug-likeness (QED) is 0.801. The smallest absolute Gasteiger partial charge is 0.321 e. The number of hydrogen-bond donors (Lipinski definition) is 0. The van der Waals surface area contributed by atoms with Crippen LogP contribution in [0.3, 0.4) is 0 Å². The standard InChI is InChI=1S/C20H33N5O2/c1-13(2)7-8-25-16(12-24-10-14(3)9-15(4)11-24)21-18-17(25)19(26)23(6)20(27)22(18)5/h13-15H,7-12H2,1-6H3. The van der Waals surface area contributed by atoms with Crippen LogP contribution in [0, 0.1) is 17.8 Å². The Kier molecular flexibility index (Phi) is 5.60. The molecule has 3 heterocycles. The fourth-order valence-electron chi connectivity index (χ4n) is 4.36. The molecule has 1 aliphatic heterocycles. The first-order chi connectivity index (χ1) is 12.7. The van der Waals surface area contributed by atoms with Crippen molar-refractivity contribution in [3.05, 3.63) is 26.7 Å². The molecule has 0 amide bonds. The first-order valence-electron chi connectivity index (χ1n) is 10.1. The number of nitrogens with zero attached hydrogens (tertiary/aromatic N) is 5. The number of hydrogen-bond acceptors (Lipinski definition) is 4. The van der Waals surface area contributed by atoms with Crippen molar-refractivity contribution in [1.29, 1.82) is 0 Å². The maximum absolute atomic E-state index is 12.9. The van der Waals surface area contributed by atoms with Gasteiger partial charge < -0.3 is 4.57 Å². The van der Waals surface area contributed by atoms with Gasteiger partial charge in [-0.1, -0.05) is 27.7 Å². The average Bonchev–Trinajstić information content (AvgIpc) is 2.93. The van der Waals surface area contributed by atoms with Crippen molar-refractivity contribution in [2.45, 2.75) is 53.6 Å². The molecule has 3 rings (SSSR count). The van der Waals surface area contributed by atoms with Gasteiger partial charge in [0.2, 0.25) is 0 Å². The maximum atomic E-state index is 12.9. The third-order valence-corrected chi connectivity index (χ3v) is 5.67. The molecule has 1 aliphatic rings. The van der Waals surface area contributed by atoms with Gasteiger partial charge >= 0.3 is 5.69 Å². The van der Waals surface area contributed by atoms with E-state index in [2.05, 4.69) is 37.2 Å². The van der Waals surface area contributed by atoms with Crippen LogP contribution >= 0.6 is 0 Å². The van der Waals surface area contributed by atoms with E-state index < -0.39 is 0 Å². The molecule has 0 aliphatic carbocycles. The van der Waals surface area contributed by atoms with Crippen LogP contribution in [0.5, 0.6) is 0 Å². The zero-order valence-electron chi connectivity index (χ0n) is 17.5. The number of imidazole rings is 1. The molecular weight excluding hydrogens is 342 g/mol. The van der Waals surface area contributed by atoms with Crippen molar-refractivity contribution in [1.82, 2.24) is 23.6 Å². The van der Waals surface area contributed by atoms with E-state index in [4.69, 9.17) is 4.98 Å². The van der Waals surface area contributed by atoms with Gasteiger partial charge in [-0.05, 0) is 30.6 Å². The first kappa shape index (κ1) is 19.9. The lowest BCUT2D eigenvalue weighted by Crippen LogP contribution is -2.39. The van der Waals surface area contributed by atoms with Gasteiger partial charge in [-0.25, -0.2) is 9.78 Å². The van der Waals surface area contributed by atoms with Crippen molar-refractivity contribution < 1.29 is 0 Å². The van der Waals surface area contributed by atoms with E-state index in [1.165, 1.54) is 22.6 Å². The monoisotopic (exact) mass is 375 g/mol. The fourth-order valence-corrected chi connectivity index (χ4v) is 4.36. The van der Waals surface area contributed by atoms with Gasteiger partial charge in [0, 0.05) is 33.7 Å². The molecule has 0 aromatic carbocycles. The van der Waals surface area contributed by atoms with Crippen LogP contribution in [0.25, 0.3) is 11.2 Å². The van der Waals surface area contributed by atoms with Gasteiger partial charge in [0.25, 0.3) is 5.56 Å². The maximum Gasteiger partial charge on any atom is 0.332 e. The summed E-state index contributed by atoms with van der Waals surface area (Å²) in [6.07, 6.45) is 2.23. The Morgan fingerprint density at radius 2 is 1.70 bits per heavy atom. The van der Waals surface area contributed by atoms with Gasteiger partial charge in [-0.3, -0.25) is 18.8 Å². The third kappa shape index (κ3) is 3.88. The Hall–Kier alpha value is -1.89. The molecule has 2 aromatic rings. The second-order valence-electron chi connectivity index (χ2n) is 8.88. The van der Waals surface area contributed by atoms with E-state index in [1.807, 2.05) is 0 Å². The lowest BCUT2D eigenvalue weighted by Gasteiger charge is -2.34. The number of aryl methyl sites for hydroxylation is 2. The molecule has 2 aromatic heterocycles. The van der Waals surface area contributed by atoms with Crippen LogP contribution in [0.2, 0.25) is 0 Å². The van der Waals surface area contributed by atoms with Gasteiger partial charge in [-0.2, -0.15) is 0 Å². The van der Waals surface area contributed by atoms with Gasteiger partial charge in [0.1, 0.15) is 5.82 Å². The summed E-state index contributed by atoms with van der Waals surface area (Å²) in [5, 5.41) is 0. The highest BCUT2D eigenvalue weighted by Crippen LogP contribution is 2.23. The van der Waals surface area contributed by atoms with Crippen molar-refractivity contribution in [3.8, 4) is 0 Å². The Morgan fingerprint density at radius 3 is 2.30 bits per heavy atom. The highest BCUT2D eigenvalue weighted by atomic mass is 16.2. The largest absolute Gasteiger partial charge is 0.332 e. The van der Waals surface area contributed by atoms with Crippen LogP contribution < -0.4 is 11.2 Å². The van der Waals surface area contributed by atoms with Crippen molar-refractivity contribution in [2.24, 2.45) is 31.8 Å².